The number of aromatic nitrogens is 2. The molecule has 1 heterocycles. The fraction of sp³-hybridized carbons (Fsp3) is 0.444. The van der Waals surface area contributed by atoms with E-state index in [1.807, 2.05) is 6.92 Å². The number of nitrogens with one attached hydrogen (secondary N) is 1. The lowest BCUT2D eigenvalue weighted by Gasteiger charge is -2.05. The summed E-state index contributed by atoms with van der Waals surface area (Å²) < 4.78 is 0. The Kier molecular flexibility index (Phi) is 4.78. The van der Waals surface area contributed by atoms with Gasteiger partial charge in [-0.15, -0.1) is 0 Å². The van der Waals surface area contributed by atoms with E-state index < -0.39 is 0 Å². The number of rotatable bonds is 4. The molecule has 0 unspecified atom stereocenters. The molecule has 1 N–H and O–H groups in total. The molecule has 82 valence electrons. The van der Waals surface area contributed by atoms with E-state index >= 15 is 0 Å². The SMILES string of the molecule is CCCCC(=O)Nc1ncnc(Cl)c1Cl. The van der Waals surface area contributed by atoms with E-state index in [2.05, 4.69) is 15.3 Å². The van der Waals surface area contributed by atoms with Crippen LogP contribution in [0.4, 0.5) is 5.82 Å². The second kappa shape index (κ2) is 5.88. The summed E-state index contributed by atoms with van der Waals surface area (Å²) in [4.78, 5) is 18.9. The molecule has 0 aliphatic carbocycles. The van der Waals surface area contributed by atoms with Gasteiger partial charge in [-0.3, -0.25) is 4.79 Å². The van der Waals surface area contributed by atoms with Gasteiger partial charge < -0.3 is 5.32 Å². The summed E-state index contributed by atoms with van der Waals surface area (Å²) in [6.07, 6.45) is 3.51. The molecule has 0 saturated carbocycles. The number of amides is 1. The van der Waals surface area contributed by atoms with Crippen molar-refractivity contribution >= 4 is 34.9 Å². The van der Waals surface area contributed by atoms with E-state index in [1.165, 1.54) is 6.33 Å². The highest BCUT2D eigenvalue weighted by Gasteiger charge is 2.09. The van der Waals surface area contributed by atoms with Crippen molar-refractivity contribution in [2.24, 2.45) is 0 Å². The van der Waals surface area contributed by atoms with Crippen molar-refractivity contribution < 1.29 is 4.79 Å². The van der Waals surface area contributed by atoms with E-state index in [9.17, 15) is 4.79 Å². The summed E-state index contributed by atoms with van der Waals surface area (Å²) in [6, 6.07) is 0. The van der Waals surface area contributed by atoms with Gasteiger partial charge in [-0.25, -0.2) is 9.97 Å². The van der Waals surface area contributed by atoms with Crippen LogP contribution < -0.4 is 5.32 Å². The molecular weight excluding hydrogens is 237 g/mol. The number of carbonyl (C=O) groups is 1. The third-order valence-corrected chi connectivity index (χ3v) is 2.50. The third kappa shape index (κ3) is 3.64. The van der Waals surface area contributed by atoms with Gasteiger partial charge in [-0.05, 0) is 6.42 Å². The molecule has 4 nitrogen and oxygen atoms in total. The first-order valence-electron chi connectivity index (χ1n) is 4.61. The molecule has 1 aromatic heterocycles. The van der Waals surface area contributed by atoms with Crippen molar-refractivity contribution in [2.75, 3.05) is 5.32 Å². The lowest BCUT2D eigenvalue weighted by atomic mass is 10.2. The molecule has 1 aromatic rings. The van der Waals surface area contributed by atoms with Gasteiger partial charge in [0, 0.05) is 6.42 Å². The number of unbranched alkanes of at least 4 members (excludes halogenated alkanes) is 1. The van der Waals surface area contributed by atoms with Crippen molar-refractivity contribution in [1.82, 2.24) is 9.97 Å². The zero-order valence-corrected chi connectivity index (χ0v) is 9.77. The van der Waals surface area contributed by atoms with Crippen molar-refractivity contribution in [2.45, 2.75) is 26.2 Å². The zero-order valence-electron chi connectivity index (χ0n) is 8.26. The van der Waals surface area contributed by atoms with Gasteiger partial charge in [0.2, 0.25) is 5.91 Å². The van der Waals surface area contributed by atoms with Crippen molar-refractivity contribution in [3.05, 3.63) is 16.5 Å². The summed E-state index contributed by atoms with van der Waals surface area (Å²) in [6.45, 7) is 2.02. The monoisotopic (exact) mass is 247 g/mol. The molecular formula is C9H11Cl2N3O. The minimum absolute atomic E-state index is 0.117. The van der Waals surface area contributed by atoms with Crippen LogP contribution in [0.5, 0.6) is 0 Å². The van der Waals surface area contributed by atoms with Gasteiger partial charge >= 0.3 is 0 Å². The molecule has 6 heteroatoms. The van der Waals surface area contributed by atoms with E-state index in [-0.39, 0.29) is 21.9 Å². The summed E-state index contributed by atoms with van der Waals surface area (Å²) in [5.74, 6) is 0.145. The highest BCUT2D eigenvalue weighted by atomic mass is 35.5. The smallest absolute Gasteiger partial charge is 0.225 e. The number of nitrogens with zero attached hydrogens (tertiary/aromatic N) is 2. The van der Waals surface area contributed by atoms with Crippen molar-refractivity contribution in [1.29, 1.82) is 0 Å². The predicted molar refractivity (Wildman–Crippen MR) is 60.2 cm³/mol. The molecule has 1 rings (SSSR count). The van der Waals surface area contributed by atoms with Crippen LogP contribution in [-0.2, 0) is 4.79 Å². The topological polar surface area (TPSA) is 54.9 Å². The van der Waals surface area contributed by atoms with Crippen LogP contribution in [-0.4, -0.2) is 15.9 Å². The molecule has 0 aliphatic heterocycles. The first-order chi connectivity index (χ1) is 7.15. The lowest BCUT2D eigenvalue weighted by Crippen LogP contribution is -2.12. The zero-order chi connectivity index (χ0) is 11.3. The summed E-state index contributed by atoms with van der Waals surface area (Å²) >= 11 is 11.5. The molecule has 0 aliphatic rings. The van der Waals surface area contributed by atoms with Gasteiger partial charge in [-0.1, -0.05) is 36.5 Å². The fourth-order valence-electron chi connectivity index (χ4n) is 0.967. The maximum absolute atomic E-state index is 11.4. The van der Waals surface area contributed by atoms with Crippen LogP contribution >= 0.6 is 23.2 Å². The molecule has 15 heavy (non-hydrogen) atoms. The first-order valence-corrected chi connectivity index (χ1v) is 5.36. The second-order valence-electron chi connectivity index (χ2n) is 2.98. The van der Waals surface area contributed by atoms with E-state index in [0.717, 1.165) is 12.8 Å². The van der Waals surface area contributed by atoms with Gasteiger partial charge in [0.1, 0.15) is 11.3 Å². The fourth-order valence-corrected chi connectivity index (χ4v) is 1.25. The van der Waals surface area contributed by atoms with Crippen LogP contribution in [0.25, 0.3) is 0 Å². The molecule has 0 bridgehead atoms. The van der Waals surface area contributed by atoms with Crippen molar-refractivity contribution in [3.63, 3.8) is 0 Å². The van der Waals surface area contributed by atoms with Crippen LogP contribution in [0, 0.1) is 0 Å². The van der Waals surface area contributed by atoms with E-state index in [4.69, 9.17) is 23.2 Å². The molecule has 0 saturated heterocycles. The minimum Gasteiger partial charge on any atom is -0.309 e. The molecule has 0 spiro atoms. The Balaban J connectivity index is 2.64. The Bertz CT molecular complexity index is 357. The highest BCUT2D eigenvalue weighted by Crippen LogP contribution is 2.25. The van der Waals surface area contributed by atoms with Crippen LogP contribution in [0.1, 0.15) is 26.2 Å². The second-order valence-corrected chi connectivity index (χ2v) is 3.71. The summed E-state index contributed by atoms with van der Waals surface area (Å²) in [7, 11) is 0. The highest BCUT2D eigenvalue weighted by molar-refractivity contribution is 6.42. The first kappa shape index (κ1) is 12.2. The minimum atomic E-state index is -0.117. The molecule has 0 radical (unpaired) electrons. The van der Waals surface area contributed by atoms with Crippen molar-refractivity contribution in [3.8, 4) is 0 Å². The lowest BCUT2D eigenvalue weighted by molar-refractivity contribution is -0.116. The van der Waals surface area contributed by atoms with E-state index in [0.29, 0.717) is 6.42 Å². The number of hydrogen-bond donors (Lipinski definition) is 1. The maximum Gasteiger partial charge on any atom is 0.225 e. The molecule has 0 aromatic carbocycles. The maximum atomic E-state index is 11.4. The quantitative estimate of drug-likeness (QED) is 0.833. The average Bonchev–Trinajstić information content (AvgIpc) is 2.22. The number of carbonyl (C=O) groups excluding carboxylic acids is 1. The van der Waals surface area contributed by atoms with Gasteiger partial charge in [0.25, 0.3) is 0 Å². The third-order valence-electron chi connectivity index (χ3n) is 1.76. The Morgan fingerprint density at radius 2 is 2.20 bits per heavy atom. The average molecular weight is 248 g/mol. The normalized spacial score (nSPS) is 10.1. The summed E-state index contributed by atoms with van der Waals surface area (Å²) in [5.41, 5.74) is 0. The van der Waals surface area contributed by atoms with Crippen LogP contribution in [0.2, 0.25) is 10.2 Å². The van der Waals surface area contributed by atoms with Crippen LogP contribution in [0.15, 0.2) is 6.33 Å². The standard InChI is InChI=1S/C9H11Cl2N3O/c1-2-3-4-6(15)14-9-7(10)8(11)12-5-13-9/h5H,2-4H2,1H3,(H,12,13,14,15). The van der Waals surface area contributed by atoms with Gasteiger partial charge in [-0.2, -0.15) is 0 Å². The van der Waals surface area contributed by atoms with E-state index in [1.54, 1.807) is 0 Å². The number of halogens is 2. The van der Waals surface area contributed by atoms with Gasteiger partial charge in [0.15, 0.2) is 11.0 Å². The van der Waals surface area contributed by atoms with Gasteiger partial charge in [0.05, 0.1) is 0 Å². The van der Waals surface area contributed by atoms with Crippen LogP contribution in [0.3, 0.4) is 0 Å². The number of hydrogen-bond acceptors (Lipinski definition) is 3. The Hall–Kier alpha value is -0.870. The Morgan fingerprint density at radius 1 is 1.47 bits per heavy atom. The molecule has 1 amide bonds. The largest absolute Gasteiger partial charge is 0.309 e. The predicted octanol–water partition coefficient (Wildman–Crippen LogP) is 2.91. The molecule has 0 fully saturated rings. The summed E-state index contributed by atoms with van der Waals surface area (Å²) in [5, 5.41) is 2.89. The Labute approximate surface area is 98.0 Å². The Morgan fingerprint density at radius 3 is 2.87 bits per heavy atom. The number of anilines is 1. The molecule has 0 atom stereocenters.